The fraction of sp³-hybridized carbons (Fsp3) is 0.182. The summed E-state index contributed by atoms with van der Waals surface area (Å²) in [5, 5.41) is 5.41. The molecule has 3 rings (SSSR count). The van der Waals surface area contributed by atoms with E-state index in [1.807, 2.05) is 61.5 Å². The van der Waals surface area contributed by atoms with Crippen molar-refractivity contribution in [1.29, 1.82) is 0 Å². The van der Waals surface area contributed by atoms with Crippen molar-refractivity contribution in [3.05, 3.63) is 77.3 Å². The van der Waals surface area contributed by atoms with Crippen LogP contribution in [0.2, 0.25) is 5.02 Å². The van der Waals surface area contributed by atoms with E-state index in [0.29, 0.717) is 10.8 Å². The molecule has 144 valence electrons. The molecule has 0 radical (unpaired) electrons. The van der Waals surface area contributed by atoms with Crippen LogP contribution in [0.1, 0.15) is 18.5 Å². The lowest BCUT2D eigenvalue weighted by Gasteiger charge is -2.15. The molecule has 0 saturated carbocycles. The Morgan fingerprint density at radius 2 is 1.68 bits per heavy atom. The first kappa shape index (κ1) is 19.7. The van der Waals surface area contributed by atoms with Crippen LogP contribution >= 0.6 is 11.6 Å². The molecule has 1 amide bonds. The Hall–Kier alpha value is -3.05. The zero-order chi connectivity index (χ0) is 19.9. The number of amides is 1. The number of esters is 1. The lowest BCUT2D eigenvalue weighted by atomic mass is 10.1. The van der Waals surface area contributed by atoms with Gasteiger partial charge in [0.05, 0.1) is 6.04 Å². The Balaban J connectivity index is 1.44. The van der Waals surface area contributed by atoms with Crippen LogP contribution < -0.4 is 10.1 Å². The Morgan fingerprint density at radius 1 is 0.964 bits per heavy atom. The van der Waals surface area contributed by atoms with Crippen LogP contribution in [0.25, 0.3) is 10.8 Å². The Morgan fingerprint density at radius 3 is 2.46 bits per heavy atom. The lowest BCUT2D eigenvalue weighted by Crippen LogP contribution is -2.32. The third-order valence-corrected chi connectivity index (χ3v) is 4.54. The Kier molecular flexibility index (Phi) is 6.50. The number of hydrogen-bond donors (Lipinski definition) is 1. The number of benzene rings is 3. The summed E-state index contributed by atoms with van der Waals surface area (Å²) in [4.78, 5) is 23.8. The normalized spacial score (nSPS) is 11.6. The SMILES string of the molecule is C[C@H](NC(=O)COC(=O)COc1ccc2ccccc2c1)c1ccccc1Cl. The van der Waals surface area contributed by atoms with Gasteiger partial charge in [0.2, 0.25) is 0 Å². The van der Waals surface area contributed by atoms with Gasteiger partial charge >= 0.3 is 5.97 Å². The molecule has 0 heterocycles. The topological polar surface area (TPSA) is 64.6 Å². The van der Waals surface area contributed by atoms with E-state index in [9.17, 15) is 9.59 Å². The van der Waals surface area contributed by atoms with Crippen LogP contribution in [-0.2, 0) is 14.3 Å². The molecule has 1 N–H and O–H groups in total. The van der Waals surface area contributed by atoms with Crippen molar-refractivity contribution >= 4 is 34.2 Å². The van der Waals surface area contributed by atoms with E-state index in [-0.39, 0.29) is 19.3 Å². The largest absolute Gasteiger partial charge is 0.482 e. The maximum Gasteiger partial charge on any atom is 0.344 e. The Bertz CT molecular complexity index is 989. The number of nitrogens with one attached hydrogen (secondary N) is 1. The van der Waals surface area contributed by atoms with Gasteiger partial charge in [-0.3, -0.25) is 4.79 Å². The number of halogens is 1. The van der Waals surface area contributed by atoms with Gasteiger partial charge in [-0.15, -0.1) is 0 Å². The molecule has 0 aliphatic rings. The molecule has 0 aromatic heterocycles. The maximum atomic E-state index is 12.0. The molecule has 0 aliphatic carbocycles. The van der Waals surface area contributed by atoms with Crippen LogP contribution in [0.3, 0.4) is 0 Å². The van der Waals surface area contributed by atoms with Gasteiger partial charge in [-0.05, 0) is 41.5 Å². The minimum Gasteiger partial charge on any atom is -0.482 e. The van der Waals surface area contributed by atoms with Gasteiger partial charge in [0, 0.05) is 5.02 Å². The summed E-state index contributed by atoms with van der Waals surface area (Å²) < 4.78 is 10.4. The second kappa shape index (κ2) is 9.24. The number of carbonyl (C=O) groups excluding carboxylic acids is 2. The zero-order valence-corrected chi connectivity index (χ0v) is 16.1. The molecule has 3 aromatic rings. The van der Waals surface area contributed by atoms with Crippen LogP contribution in [0.5, 0.6) is 5.75 Å². The van der Waals surface area contributed by atoms with Crippen molar-refractivity contribution in [2.75, 3.05) is 13.2 Å². The van der Waals surface area contributed by atoms with Crippen molar-refractivity contribution in [3.63, 3.8) is 0 Å². The first-order valence-electron chi connectivity index (χ1n) is 8.84. The number of fused-ring (bicyclic) bond motifs is 1. The molecular weight excluding hydrogens is 378 g/mol. The van der Waals surface area contributed by atoms with Crippen LogP contribution in [0.4, 0.5) is 0 Å². The predicted molar refractivity (Wildman–Crippen MR) is 108 cm³/mol. The molecule has 1 atom stereocenters. The van der Waals surface area contributed by atoms with E-state index in [1.165, 1.54) is 0 Å². The molecule has 0 spiro atoms. The molecule has 0 bridgehead atoms. The summed E-state index contributed by atoms with van der Waals surface area (Å²) in [7, 11) is 0. The van der Waals surface area contributed by atoms with E-state index >= 15 is 0 Å². The van der Waals surface area contributed by atoms with Crippen LogP contribution in [0.15, 0.2) is 66.7 Å². The summed E-state index contributed by atoms with van der Waals surface area (Å²) >= 11 is 6.11. The summed E-state index contributed by atoms with van der Waals surface area (Å²) in [5.74, 6) is -0.465. The summed E-state index contributed by atoms with van der Waals surface area (Å²) in [6.45, 7) is 1.16. The fourth-order valence-electron chi connectivity index (χ4n) is 2.77. The smallest absolute Gasteiger partial charge is 0.344 e. The molecule has 0 saturated heterocycles. The van der Waals surface area contributed by atoms with Gasteiger partial charge in [0.15, 0.2) is 13.2 Å². The van der Waals surface area contributed by atoms with Gasteiger partial charge in [-0.25, -0.2) is 4.79 Å². The van der Waals surface area contributed by atoms with E-state index in [0.717, 1.165) is 16.3 Å². The summed E-state index contributed by atoms with van der Waals surface area (Å²) in [5.41, 5.74) is 0.795. The summed E-state index contributed by atoms with van der Waals surface area (Å²) in [6, 6.07) is 20.3. The average Bonchev–Trinajstić information content (AvgIpc) is 2.70. The average molecular weight is 398 g/mol. The van der Waals surface area contributed by atoms with Crippen molar-refractivity contribution < 1.29 is 19.1 Å². The Labute approximate surface area is 168 Å². The van der Waals surface area contributed by atoms with Crippen LogP contribution in [0, 0.1) is 0 Å². The van der Waals surface area contributed by atoms with Gasteiger partial charge in [-0.2, -0.15) is 0 Å². The number of carbonyl (C=O) groups is 2. The molecule has 5 nitrogen and oxygen atoms in total. The van der Waals surface area contributed by atoms with Crippen molar-refractivity contribution in [3.8, 4) is 5.75 Å². The second-order valence-corrected chi connectivity index (χ2v) is 6.68. The number of ether oxygens (including phenoxy) is 2. The molecular formula is C22H20ClNO4. The minimum atomic E-state index is -0.617. The van der Waals surface area contributed by atoms with E-state index in [1.54, 1.807) is 12.1 Å². The van der Waals surface area contributed by atoms with Crippen molar-refractivity contribution in [2.45, 2.75) is 13.0 Å². The van der Waals surface area contributed by atoms with E-state index < -0.39 is 11.9 Å². The highest BCUT2D eigenvalue weighted by molar-refractivity contribution is 6.31. The summed E-state index contributed by atoms with van der Waals surface area (Å²) in [6.07, 6.45) is 0. The third kappa shape index (κ3) is 5.24. The molecule has 6 heteroatoms. The van der Waals surface area contributed by atoms with Crippen molar-refractivity contribution in [1.82, 2.24) is 5.32 Å². The standard InChI is InChI=1S/C22H20ClNO4/c1-15(19-8-4-5-9-20(19)23)24-21(25)13-28-22(26)14-27-18-11-10-16-6-2-3-7-17(16)12-18/h2-12,15H,13-14H2,1H3,(H,24,25)/t15-/m0/s1. The molecule has 0 unspecified atom stereocenters. The first-order valence-corrected chi connectivity index (χ1v) is 9.22. The second-order valence-electron chi connectivity index (χ2n) is 6.27. The van der Waals surface area contributed by atoms with Gasteiger partial charge in [-0.1, -0.05) is 60.1 Å². The molecule has 0 fully saturated rings. The maximum absolute atomic E-state index is 12.0. The highest BCUT2D eigenvalue weighted by Gasteiger charge is 2.14. The lowest BCUT2D eigenvalue weighted by molar-refractivity contribution is -0.150. The first-order chi connectivity index (χ1) is 13.5. The minimum absolute atomic E-state index is 0.272. The molecule has 28 heavy (non-hydrogen) atoms. The quantitative estimate of drug-likeness (QED) is 0.604. The number of rotatable bonds is 7. The van der Waals surface area contributed by atoms with Crippen LogP contribution in [-0.4, -0.2) is 25.1 Å². The highest BCUT2D eigenvalue weighted by Crippen LogP contribution is 2.22. The monoisotopic (exact) mass is 397 g/mol. The third-order valence-electron chi connectivity index (χ3n) is 4.19. The fourth-order valence-corrected chi connectivity index (χ4v) is 3.07. The number of hydrogen-bond acceptors (Lipinski definition) is 4. The highest BCUT2D eigenvalue weighted by atomic mass is 35.5. The van der Waals surface area contributed by atoms with Gasteiger partial charge in [0.1, 0.15) is 5.75 Å². The molecule has 0 aliphatic heterocycles. The predicted octanol–water partition coefficient (Wildman–Crippen LogP) is 4.29. The zero-order valence-electron chi connectivity index (χ0n) is 15.4. The van der Waals surface area contributed by atoms with Gasteiger partial charge in [0.25, 0.3) is 5.91 Å². The molecule has 3 aromatic carbocycles. The van der Waals surface area contributed by atoms with Gasteiger partial charge < -0.3 is 14.8 Å². The van der Waals surface area contributed by atoms with Crippen molar-refractivity contribution in [2.24, 2.45) is 0 Å². The van der Waals surface area contributed by atoms with E-state index in [4.69, 9.17) is 21.1 Å². The van der Waals surface area contributed by atoms with E-state index in [2.05, 4.69) is 5.32 Å².